The Kier molecular flexibility index (Phi) is 3.73. The van der Waals surface area contributed by atoms with E-state index in [0.29, 0.717) is 0 Å². The lowest BCUT2D eigenvalue weighted by Gasteiger charge is -2.37. The molecule has 27 heavy (non-hydrogen) atoms. The average molecular weight is 366 g/mol. The van der Waals surface area contributed by atoms with Crippen LogP contribution >= 0.6 is 0 Å². The molecule has 1 aliphatic carbocycles. The number of fused-ring (bicyclic) bond motifs is 1. The number of amides is 3. The molecule has 0 N–H and O–H groups in total. The Labute approximate surface area is 157 Å². The number of nitrogens with zero attached hydrogens (tertiary/aromatic N) is 6. The van der Waals surface area contributed by atoms with Crippen LogP contribution in [-0.2, 0) is 4.79 Å². The van der Waals surface area contributed by atoms with Gasteiger partial charge in [-0.1, -0.05) is 0 Å². The van der Waals surface area contributed by atoms with Gasteiger partial charge in [0, 0.05) is 36.8 Å². The minimum atomic E-state index is -0.0876. The van der Waals surface area contributed by atoms with E-state index in [9.17, 15) is 9.59 Å². The number of aromatic nitrogens is 3. The van der Waals surface area contributed by atoms with Crippen LogP contribution in [0.15, 0.2) is 18.5 Å². The van der Waals surface area contributed by atoms with Crippen LogP contribution in [0.2, 0.25) is 0 Å². The number of rotatable bonds is 3. The van der Waals surface area contributed by atoms with E-state index in [4.69, 9.17) is 0 Å². The molecule has 140 valence electrons. The zero-order chi connectivity index (χ0) is 18.5. The molecule has 8 nitrogen and oxygen atoms in total. The van der Waals surface area contributed by atoms with E-state index in [2.05, 4.69) is 19.9 Å². The van der Waals surface area contributed by atoms with E-state index < -0.39 is 0 Å². The Morgan fingerprint density at radius 3 is 2.56 bits per heavy atom. The van der Waals surface area contributed by atoms with E-state index in [1.165, 1.54) is 4.90 Å². The van der Waals surface area contributed by atoms with Gasteiger partial charge in [0.15, 0.2) is 0 Å². The van der Waals surface area contributed by atoms with Crippen molar-refractivity contribution < 1.29 is 9.59 Å². The molecule has 2 aromatic rings. The second-order valence-electron chi connectivity index (χ2n) is 7.61. The first-order chi connectivity index (χ1) is 13.1. The molecule has 4 heterocycles. The fourth-order valence-corrected chi connectivity index (χ4v) is 4.22. The molecule has 2 saturated heterocycles. The lowest BCUT2D eigenvalue weighted by atomic mass is 10.0. The summed E-state index contributed by atoms with van der Waals surface area (Å²) in [7, 11) is 0. The van der Waals surface area contributed by atoms with Crippen LogP contribution in [0, 0.1) is 6.92 Å². The summed E-state index contributed by atoms with van der Waals surface area (Å²) in [4.78, 5) is 43.7. The molecule has 5 rings (SSSR count). The fraction of sp³-hybridized carbons (Fsp3) is 0.526. The summed E-state index contributed by atoms with van der Waals surface area (Å²) in [6.07, 6.45) is 7.12. The van der Waals surface area contributed by atoms with Gasteiger partial charge in [-0.15, -0.1) is 0 Å². The molecule has 3 amide bonds. The summed E-state index contributed by atoms with van der Waals surface area (Å²) in [5.41, 5.74) is 0.850. The number of carbonyl (C=O) groups excluding carboxylic acids is 2. The third kappa shape index (κ3) is 2.79. The summed E-state index contributed by atoms with van der Waals surface area (Å²) in [5.74, 6) is 1.63. The van der Waals surface area contributed by atoms with Crippen LogP contribution in [0.3, 0.4) is 0 Å². The summed E-state index contributed by atoms with van der Waals surface area (Å²) in [5, 5.41) is 1.00. The smallest absolute Gasteiger partial charge is 0.327 e. The van der Waals surface area contributed by atoms with Gasteiger partial charge in [-0.05, 0) is 38.7 Å². The van der Waals surface area contributed by atoms with E-state index in [1.807, 2.05) is 13.0 Å². The van der Waals surface area contributed by atoms with Crippen molar-refractivity contribution in [2.24, 2.45) is 0 Å². The van der Waals surface area contributed by atoms with Gasteiger partial charge in [-0.25, -0.2) is 14.8 Å². The normalized spacial score (nSPS) is 21.6. The summed E-state index contributed by atoms with van der Waals surface area (Å²) >= 11 is 0. The van der Waals surface area contributed by atoms with Crippen LogP contribution in [-0.4, -0.2) is 68.4 Å². The average Bonchev–Trinajstić information content (AvgIpc) is 3.46. The Morgan fingerprint density at radius 1 is 1.04 bits per heavy atom. The van der Waals surface area contributed by atoms with Gasteiger partial charge < -0.3 is 9.80 Å². The van der Waals surface area contributed by atoms with Gasteiger partial charge >= 0.3 is 6.03 Å². The van der Waals surface area contributed by atoms with Gasteiger partial charge in [0.2, 0.25) is 0 Å². The van der Waals surface area contributed by atoms with E-state index in [1.54, 1.807) is 17.3 Å². The molecular weight excluding hydrogens is 344 g/mol. The lowest BCUT2D eigenvalue weighted by molar-refractivity contribution is -0.125. The SMILES string of the molecule is Cc1nc(N2CCC(N3CC(=O)N(C4CC4)C3=O)CC2)c2ccncc2n1. The number of carbonyl (C=O) groups is 2. The van der Waals surface area contributed by atoms with Gasteiger partial charge in [0.05, 0.1) is 11.7 Å². The number of aryl methyl sites for hydroxylation is 1. The zero-order valence-corrected chi connectivity index (χ0v) is 15.3. The summed E-state index contributed by atoms with van der Waals surface area (Å²) in [6, 6.07) is 2.14. The molecular formula is C19H22N6O2. The molecule has 3 fully saturated rings. The number of pyridine rings is 1. The third-order valence-corrected chi connectivity index (χ3v) is 5.73. The first-order valence-corrected chi connectivity index (χ1v) is 9.58. The van der Waals surface area contributed by atoms with Crippen molar-refractivity contribution in [3.8, 4) is 0 Å². The quantitative estimate of drug-likeness (QED) is 0.770. The molecule has 1 saturated carbocycles. The van der Waals surface area contributed by atoms with Crippen molar-refractivity contribution in [2.45, 2.75) is 44.7 Å². The Bertz CT molecular complexity index is 920. The highest BCUT2D eigenvalue weighted by molar-refractivity contribution is 6.02. The van der Waals surface area contributed by atoms with Gasteiger partial charge in [0.1, 0.15) is 18.2 Å². The molecule has 0 bridgehead atoms. The largest absolute Gasteiger partial charge is 0.356 e. The van der Waals surface area contributed by atoms with Crippen LogP contribution in [0.5, 0.6) is 0 Å². The van der Waals surface area contributed by atoms with Crippen molar-refractivity contribution in [1.82, 2.24) is 24.8 Å². The van der Waals surface area contributed by atoms with Crippen LogP contribution in [0.1, 0.15) is 31.5 Å². The fourth-order valence-electron chi connectivity index (χ4n) is 4.22. The number of urea groups is 1. The molecule has 8 heteroatoms. The second-order valence-corrected chi connectivity index (χ2v) is 7.61. The van der Waals surface area contributed by atoms with Crippen molar-refractivity contribution in [3.63, 3.8) is 0 Å². The number of hydrogen-bond acceptors (Lipinski definition) is 6. The van der Waals surface area contributed by atoms with Crippen LogP contribution in [0.25, 0.3) is 10.9 Å². The number of piperidine rings is 1. The lowest BCUT2D eigenvalue weighted by Crippen LogP contribution is -2.47. The number of imide groups is 1. The summed E-state index contributed by atoms with van der Waals surface area (Å²) < 4.78 is 0. The van der Waals surface area contributed by atoms with Gasteiger partial charge in [0.25, 0.3) is 5.91 Å². The van der Waals surface area contributed by atoms with Gasteiger partial charge in [-0.2, -0.15) is 0 Å². The molecule has 0 aromatic carbocycles. The van der Waals surface area contributed by atoms with Crippen LogP contribution in [0.4, 0.5) is 10.6 Å². The maximum absolute atomic E-state index is 12.7. The minimum Gasteiger partial charge on any atom is -0.356 e. The Hall–Kier alpha value is -2.77. The van der Waals surface area contributed by atoms with E-state index in [-0.39, 0.29) is 30.6 Å². The van der Waals surface area contributed by atoms with Crippen molar-refractivity contribution in [3.05, 3.63) is 24.3 Å². The Morgan fingerprint density at radius 2 is 1.81 bits per heavy atom. The molecule has 2 aromatic heterocycles. The maximum Gasteiger partial charge on any atom is 0.327 e. The summed E-state index contributed by atoms with van der Waals surface area (Å²) in [6.45, 7) is 3.74. The molecule has 2 aliphatic heterocycles. The van der Waals surface area contributed by atoms with E-state index >= 15 is 0 Å². The monoisotopic (exact) mass is 366 g/mol. The third-order valence-electron chi connectivity index (χ3n) is 5.73. The number of hydrogen-bond donors (Lipinski definition) is 0. The first kappa shape index (κ1) is 16.4. The second kappa shape index (κ2) is 6.14. The highest BCUT2D eigenvalue weighted by Gasteiger charge is 2.47. The minimum absolute atomic E-state index is 0.0325. The number of anilines is 1. The molecule has 0 radical (unpaired) electrons. The highest BCUT2D eigenvalue weighted by Crippen LogP contribution is 2.33. The molecule has 0 atom stereocenters. The Balaban J connectivity index is 1.32. The topological polar surface area (TPSA) is 82.5 Å². The maximum atomic E-state index is 12.7. The molecule has 0 spiro atoms. The predicted molar refractivity (Wildman–Crippen MR) is 99.3 cm³/mol. The molecule has 0 unspecified atom stereocenters. The zero-order valence-electron chi connectivity index (χ0n) is 15.3. The molecule has 3 aliphatic rings. The van der Waals surface area contributed by atoms with Gasteiger partial charge in [-0.3, -0.25) is 14.7 Å². The highest BCUT2D eigenvalue weighted by atomic mass is 16.2. The van der Waals surface area contributed by atoms with E-state index in [0.717, 1.165) is 61.3 Å². The predicted octanol–water partition coefficient (Wildman–Crippen LogP) is 1.73. The van der Waals surface area contributed by atoms with Crippen molar-refractivity contribution >= 4 is 28.7 Å². The first-order valence-electron chi connectivity index (χ1n) is 9.58. The van der Waals surface area contributed by atoms with Crippen molar-refractivity contribution in [2.75, 3.05) is 24.5 Å². The standard InChI is InChI=1S/C19H22N6O2/c1-12-21-16-10-20-7-4-15(16)18(22-12)23-8-5-13(6-9-23)24-11-17(26)25(19(24)27)14-2-3-14/h4,7,10,13-14H,2-3,5-6,8-9,11H2,1H3. The van der Waals surface area contributed by atoms with Crippen molar-refractivity contribution in [1.29, 1.82) is 0 Å². The van der Waals surface area contributed by atoms with Crippen LogP contribution < -0.4 is 4.90 Å².